The van der Waals surface area contributed by atoms with Crippen molar-refractivity contribution in [2.24, 2.45) is 0 Å². The highest BCUT2D eigenvalue weighted by Crippen LogP contribution is 2.28. The minimum absolute atomic E-state index is 0.853. The maximum Gasteiger partial charge on any atom is 0.213 e. The van der Waals surface area contributed by atoms with E-state index in [9.17, 15) is 0 Å². The van der Waals surface area contributed by atoms with Gasteiger partial charge in [0.25, 0.3) is 0 Å². The molecule has 0 unspecified atom stereocenters. The van der Waals surface area contributed by atoms with Crippen LogP contribution in [0, 0.1) is 0 Å². The Balaban J connectivity index is 1.86. The molecule has 20 heavy (non-hydrogen) atoms. The standard InChI is InChI=1S/C14H15N3OS2/c1-3-8-19-14-16-17-9-12(15-13(17)20-14)10-4-6-11(18-2)7-5-10/h4-7,9H,3,8H2,1-2H3. The third kappa shape index (κ3) is 2.66. The van der Waals surface area contributed by atoms with Crippen molar-refractivity contribution in [1.29, 1.82) is 0 Å². The zero-order chi connectivity index (χ0) is 13.9. The number of rotatable bonds is 5. The average molecular weight is 305 g/mol. The molecule has 0 fully saturated rings. The second kappa shape index (κ2) is 5.85. The third-order valence-corrected chi connectivity index (χ3v) is 5.10. The van der Waals surface area contributed by atoms with Crippen molar-refractivity contribution < 1.29 is 4.74 Å². The molecule has 0 N–H and O–H groups in total. The van der Waals surface area contributed by atoms with Crippen LogP contribution in [0.1, 0.15) is 13.3 Å². The van der Waals surface area contributed by atoms with Crippen LogP contribution in [0.15, 0.2) is 34.8 Å². The molecule has 2 heterocycles. The van der Waals surface area contributed by atoms with Gasteiger partial charge in [-0.25, -0.2) is 9.50 Å². The molecule has 0 aliphatic carbocycles. The summed E-state index contributed by atoms with van der Waals surface area (Å²) in [6.45, 7) is 2.17. The molecular weight excluding hydrogens is 290 g/mol. The second-order valence-electron chi connectivity index (χ2n) is 4.30. The smallest absolute Gasteiger partial charge is 0.213 e. The maximum absolute atomic E-state index is 5.16. The highest BCUT2D eigenvalue weighted by atomic mass is 32.2. The molecule has 0 atom stereocenters. The van der Waals surface area contributed by atoms with Crippen molar-refractivity contribution in [3.63, 3.8) is 0 Å². The van der Waals surface area contributed by atoms with Gasteiger partial charge >= 0.3 is 0 Å². The van der Waals surface area contributed by atoms with Gasteiger partial charge in [0.2, 0.25) is 4.96 Å². The van der Waals surface area contributed by atoms with E-state index in [1.807, 2.05) is 35.0 Å². The van der Waals surface area contributed by atoms with E-state index in [2.05, 4.69) is 17.0 Å². The van der Waals surface area contributed by atoms with E-state index in [0.717, 1.165) is 38.5 Å². The van der Waals surface area contributed by atoms with Gasteiger partial charge in [-0.2, -0.15) is 0 Å². The first-order valence-electron chi connectivity index (χ1n) is 6.43. The molecule has 0 aliphatic heterocycles. The van der Waals surface area contributed by atoms with Gasteiger partial charge in [-0.1, -0.05) is 30.0 Å². The summed E-state index contributed by atoms with van der Waals surface area (Å²) in [4.78, 5) is 5.57. The van der Waals surface area contributed by atoms with Gasteiger partial charge in [-0.3, -0.25) is 0 Å². The molecule has 6 heteroatoms. The third-order valence-electron chi connectivity index (χ3n) is 2.84. The number of aromatic nitrogens is 3. The number of thioether (sulfide) groups is 1. The number of nitrogens with zero attached hydrogens (tertiary/aromatic N) is 3. The fraction of sp³-hybridized carbons (Fsp3) is 0.286. The van der Waals surface area contributed by atoms with Gasteiger partial charge in [-0.05, 0) is 30.7 Å². The van der Waals surface area contributed by atoms with Crippen molar-refractivity contribution in [1.82, 2.24) is 14.6 Å². The number of hydrogen-bond donors (Lipinski definition) is 0. The van der Waals surface area contributed by atoms with E-state index in [-0.39, 0.29) is 0 Å². The van der Waals surface area contributed by atoms with E-state index in [1.54, 1.807) is 30.2 Å². The predicted molar refractivity (Wildman–Crippen MR) is 83.9 cm³/mol. The molecule has 0 saturated carbocycles. The molecule has 0 bridgehead atoms. The first kappa shape index (κ1) is 13.5. The van der Waals surface area contributed by atoms with Crippen LogP contribution in [0.25, 0.3) is 16.2 Å². The summed E-state index contributed by atoms with van der Waals surface area (Å²) in [6, 6.07) is 7.91. The summed E-state index contributed by atoms with van der Waals surface area (Å²) < 4.78 is 8.11. The Labute approximate surface area is 125 Å². The van der Waals surface area contributed by atoms with E-state index in [4.69, 9.17) is 4.74 Å². The minimum atomic E-state index is 0.853. The van der Waals surface area contributed by atoms with Crippen molar-refractivity contribution in [3.05, 3.63) is 30.5 Å². The Morgan fingerprint density at radius 3 is 2.75 bits per heavy atom. The van der Waals surface area contributed by atoms with Gasteiger partial charge in [0.15, 0.2) is 4.34 Å². The number of imidazole rings is 1. The van der Waals surface area contributed by atoms with Crippen molar-refractivity contribution >= 4 is 28.1 Å². The van der Waals surface area contributed by atoms with Crippen LogP contribution < -0.4 is 4.74 Å². The summed E-state index contributed by atoms with van der Waals surface area (Å²) in [6.07, 6.45) is 3.13. The molecular formula is C14H15N3OS2. The summed E-state index contributed by atoms with van der Waals surface area (Å²) in [5.74, 6) is 1.95. The van der Waals surface area contributed by atoms with Crippen LogP contribution in [0.3, 0.4) is 0 Å². The van der Waals surface area contributed by atoms with Crippen LogP contribution in [0.4, 0.5) is 0 Å². The Morgan fingerprint density at radius 1 is 1.30 bits per heavy atom. The minimum Gasteiger partial charge on any atom is -0.497 e. The fourth-order valence-corrected chi connectivity index (χ4v) is 3.68. The lowest BCUT2D eigenvalue weighted by Crippen LogP contribution is -1.83. The molecule has 3 rings (SSSR count). The summed E-state index contributed by atoms with van der Waals surface area (Å²) in [7, 11) is 1.67. The highest BCUT2D eigenvalue weighted by Gasteiger charge is 2.09. The molecule has 3 aromatic rings. The molecule has 0 spiro atoms. The van der Waals surface area contributed by atoms with Gasteiger partial charge in [0.05, 0.1) is 19.0 Å². The van der Waals surface area contributed by atoms with Crippen LogP contribution >= 0.6 is 23.1 Å². The Morgan fingerprint density at radius 2 is 2.10 bits per heavy atom. The van der Waals surface area contributed by atoms with Crippen LogP contribution in [0.5, 0.6) is 5.75 Å². The molecule has 2 aromatic heterocycles. The molecule has 0 aliphatic rings. The lowest BCUT2D eigenvalue weighted by Gasteiger charge is -2.00. The molecule has 1 aromatic carbocycles. The zero-order valence-corrected chi connectivity index (χ0v) is 13.0. The van der Waals surface area contributed by atoms with E-state index in [1.165, 1.54) is 0 Å². The van der Waals surface area contributed by atoms with Crippen molar-refractivity contribution in [2.75, 3.05) is 12.9 Å². The molecule has 4 nitrogen and oxygen atoms in total. The van der Waals surface area contributed by atoms with E-state index >= 15 is 0 Å². The summed E-state index contributed by atoms with van der Waals surface area (Å²) >= 11 is 3.43. The zero-order valence-electron chi connectivity index (χ0n) is 11.4. The van der Waals surface area contributed by atoms with E-state index < -0.39 is 0 Å². The van der Waals surface area contributed by atoms with E-state index in [0.29, 0.717) is 0 Å². The van der Waals surface area contributed by atoms with Gasteiger partial charge in [-0.15, -0.1) is 5.10 Å². The Bertz CT molecular complexity index is 671. The Kier molecular flexibility index (Phi) is 3.93. The first-order chi connectivity index (χ1) is 9.80. The van der Waals surface area contributed by atoms with Crippen molar-refractivity contribution in [3.8, 4) is 17.0 Å². The number of benzene rings is 1. The van der Waals surface area contributed by atoms with Crippen LogP contribution in [-0.4, -0.2) is 27.5 Å². The number of hydrogen-bond acceptors (Lipinski definition) is 5. The highest BCUT2D eigenvalue weighted by molar-refractivity contribution is 8.01. The Hall–Kier alpha value is -1.53. The first-order valence-corrected chi connectivity index (χ1v) is 8.24. The maximum atomic E-state index is 5.16. The SMILES string of the molecule is CCCSc1nn2cc(-c3ccc(OC)cc3)nc2s1. The summed E-state index contributed by atoms with van der Waals surface area (Å²) in [5.41, 5.74) is 2.02. The molecule has 0 amide bonds. The molecule has 104 valence electrons. The van der Waals surface area contributed by atoms with Gasteiger partial charge in [0.1, 0.15) is 5.75 Å². The normalized spacial score (nSPS) is 11.1. The largest absolute Gasteiger partial charge is 0.497 e. The number of ether oxygens (including phenoxy) is 1. The summed E-state index contributed by atoms with van der Waals surface area (Å²) in [5, 5.41) is 4.54. The lowest BCUT2D eigenvalue weighted by molar-refractivity contribution is 0.415. The quantitative estimate of drug-likeness (QED) is 0.669. The average Bonchev–Trinajstić information content (AvgIpc) is 3.03. The van der Waals surface area contributed by atoms with Crippen LogP contribution in [-0.2, 0) is 0 Å². The van der Waals surface area contributed by atoms with Crippen LogP contribution in [0.2, 0.25) is 0 Å². The topological polar surface area (TPSA) is 39.4 Å². The van der Waals surface area contributed by atoms with Gasteiger partial charge < -0.3 is 4.74 Å². The molecule has 0 saturated heterocycles. The van der Waals surface area contributed by atoms with Crippen molar-refractivity contribution in [2.45, 2.75) is 17.7 Å². The number of methoxy groups -OCH3 is 1. The lowest BCUT2D eigenvalue weighted by atomic mass is 10.2. The predicted octanol–water partition coefficient (Wildman–Crippen LogP) is 3.97. The monoisotopic (exact) mass is 305 g/mol. The van der Waals surface area contributed by atoms with Gasteiger partial charge in [0, 0.05) is 11.3 Å². The second-order valence-corrected chi connectivity index (χ2v) is 6.60. The molecule has 0 radical (unpaired) electrons. The fourth-order valence-electron chi connectivity index (χ4n) is 1.83. The number of fused-ring (bicyclic) bond motifs is 1.